The van der Waals surface area contributed by atoms with Crippen LogP contribution in [0.3, 0.4) is 0 Å². The third-order valence-electron chi connectivity index (χ3n) is 4.63. The van der Waals surface area contributed by atoms with Gasteiger partial charge in [-0.3, -0.25) is 4.79 Å². The van der Waals surface area contributed by atoms with E-state index in [4.69, 9.17) is 0 Å². The van der Waals surface area contributed by atoms with Gasteiger partial charge in [-0.2, -0.15) is 0 Å². The Labute approximate surface area is 151 Å². The van der Waals surface area contributed by atoms with Gasteiger partial charge in [0.25, 0.3) is 0 Å². The quantitative estimate of drug-likeness (QED) is 0.781. The first-order chi connectivity index (χ1) is 11.9. The highest BCUT2D eigenvalue weighted by molar-refractivity contribution is 7.92. The van der Waals surface area contributed by atoms with Gasteiger partial charge in [-0.25, -0.2) is 13.1 Å². The minimum Gasteiger partial charge on any atom is -0.353 e. The molecule has 0 unspecified atom stereocenters. The van der Waals surface area contributed by atoms with Crippen molar-refractivity contribution in [2.75, 3.05) is 6.54 Å². The van der Waals surface area contributed by atoms with Crippen LogP contribution < -0.4 is 10.0 Å². The number of carbonyl (C=O) groups is 1. The molecular formula is C19H28N2O3S. The molecule has 25 heavy (non-hydrogen) atoms. The predicted octanol–water partition coefficient (Wildman–Crippen LogP) is 2.97. The molecule has 2 atom stereocenters. The minimum atomic E-state index is -3.54. The molecule has 0 heterocycles. The van der Waals surface area contributed by atoms with E-state index in [0.29, 0.717) is 5.92 Å². The van der Waals surface area contributed by atoms with Crippen LogP contribution in [0.2, 0.25) is 0 Å². The summed E-state index contributed by atoms with van der Waals surface area (Å²) in [5.74, 6) is 0.399. The largest absolute Gasteiger partial charge is 0.353 e. The van der Waals surface area contributed by atoms with Crippen molar-refractivity contribution >= 4 is 22.0 Å². The van der Waals surface area contributed by atoms with Crippen LogP contribution in [-0.2, 0) is 14.8 Å². The van der Waals surface area contributed by atoms with E-state index < -0.39 is 10.0 Å². The van der Waals surface area contributed by atoms with E-state index in [1.54, 1.807) is 6.08 Å². The maximum atomic E-state index is 12.0. The zero-order valence-electron chi connectivity index (χ0n) is 15.0. The smallest absolute Gasteiger partial charge is 0.233 e. The summed E-state index contributed by atoms with van der Waals surface area (Å²) in [7, 11) is -3.54. The SMILES string of the molecule is Cc1ccc(/C=C/S(=O)(=O)NCCC(=O)N[C@@H]2CCCC[C@@H]2C)cc1. The van der Waals surface area contributed by atoms with Crippen LogP contribution in [-0.4, -0.2) is 26.9 Å². The van der Waals surface area contributed by atoms with Crippen molar-refractivity contribution < 1.29 is 13.2 Å². The fraction of sp³-hybridized carbons (Fsp3) is 0.526. The normalized spacial score (nSPS) is 21.4. The second-order valence-electron chi connectivity index (χ2n) is 6.84. The third kappa shape index (κ3) is 7.00. The van der Waals surface area contributed by atoms with Gasteiger partial charge in [0.2, 0.25) is 15.9 Å². The van der Waals surface area contributed by atoms with E-state index in [1.807, 2.05) is 31.2 Å². The molecule has 1 aliphatic carbocycles. The Kier molecular flexibility index (Phi) is 7.20. The highest BCUT2D eigenvalue weighted by atomic mass is 32.2. The summed E-state index contributed by atoms with van der Waals surface area (Å²) >= 11 is 0. The van der Waals surface area contributed by atoms with Crippen molar-refractivity contribution in [1.29, 1.82) is 0 Å². The number of aryl methyl sites for hydroxylation is 1. The zero-order chi connectivity index (χ0) is 18.3. The number of nitrogens with one attached hydrogen (secondary N) is 2. The maximum absolute atomic E-state index is 12.0. The Morgan fingerprint density at radius 1 is 1.20 bits per heavy atom. The Bertz CT molecular complexity index is 696. The van der Waals surface area contributed by atoms with E-state index >= 15 is 0 Å². The van der Waals surface area contributed by atoms with Gasteiger partial charge in [-0.1, -0.05) is 49.6 Å². The average Bonchev–Trinajstić information content (AvgIpc) is 2.56. The predicted molar refractivity (Wildman–Crippen MR) is 101 cm³/mol. The number of hydrogen-bond acceptors (Lipinski definition) is 3. The average molecular weight is 365 g/mol. The van der Waals surface area contributed by atoms with Crippen LogP contribution in [0.15, 0.2) is 29.7 Å². The van der Waals surface area contributed by atoms with Crippen LogP contribution in [0.25, 0.3) is 6.08 Å². The van der Waals surface area contributed by atoms with Gasteiger partial charge in [0.15, 0.2) is 0 Å². The number of sulfonamides is 1. The molecular weight excluding hydrogens is 336 g/mol. The molecule has 138 valence electrons. The van der Waals surface area contributed by atoms with Gasteiger partial charge < -0.3 is 5.32 Å². The first kappa shape index (κ1) is 19.7. The molecule has 2 N–H and O–H groups in total. The van der Waals surface area contributed by atoms with Gasteiger partial charge in [-0.15, -0.1) is 0 Å². The van der Waals surface area contributed by atoms with Gasteiger partial charge in [0.1, 0.15) is 0 Å². The molecule has 1 saturated carbocycles. The monoisotopic (exact) mass is 364 g/mol. The first-order valence-corrected chi connectivity index (χ1v) is 10.4. The highest BCUT2D eigenvalue weighted by Gasteiger charge is 2.22. The lowest BCUT2D eigenvalue weighted by molar-refractivity contribution is -0.122. The van der Waals surface area contributed by atoms with E-state index in [2.05, 4.69) is 17.0 Å². The molecule has 0 radical (unpaired) electrons. The lowest BCUT2D eigenvalue weighted by Crippen LogP contribution is -2.42. The molecule has 0 bridgehead atoms. The molecule has 6 heteroatoms. The van der Waals surface area contributed by atoms with Crippen LogP contribution in [0.4, 0.5) is 0 Å². The van der Waals surface area contributed by atoms with Crippen molar-refractivity contribution in [3.05, 3.63) is 40.8 Å². The van der Waals surface area contributed by atoms with Crippen molar-refractivity contribution in [2.45, 2.75) is 52.0 Å². The van der Waals surface area contributed by atoms with Gasteiger partial charge in [0.05, 0.1) is 0 Å². The number of amides is 1. The molecule has 1 aromatic carbocycles. The lowest BCUT2D eigenvalue weighted by atomic mass is 9.86. The van der Waals surface area contributed by atoms with Gasteiger partial charge >= 0.3 is 0 Å². The molecule has 0 aromatic heterocycles. The van der Waals surface area contributed by atoms with E-state index in [-0.39, 0.29) is 24.9 Å². The fourth-order valence-corrected chi connectivity index (χ4v) is 3.83. The van der Waals surface area contributed by atoms with E-state index in [0.717, 1.165) is 35.8 Å². The van der Waals surface area contributed by atoms with Crippen LogP contribution in [0, 0.1) is 12.8 Å². The first-order valence-electron chi connectivity index (χ1n) is 8.89. The highest BCUT2D eigenvalue weighted by Crippen LogP contribution is 2.23. The van der Waals surface area contributed by atoms with Crippen molar-refractivity contribution in [3.63, 3.8) is 0 Å². The summed E-state index contributed by atoms with van der Waals surface area (Å²) < 4.78 is 26.4. The molecule has 1 aromatic rings. The molecule has 1 fully saturated rings. The Morgan fingerprint density at radius 3 is 2.56 bits per heavy atom. The second kappa shape index (κ2) is 9.15. The molecule has 1 amide bonds. The Hall–Kier alpha value is -1.66. The molecule has 1 aliphatic rings. The molecule has 5 nitrogen and oxygen atoms in total. The summed E-state index contributed by atoms with van der Waals surface area (Å²) in [5, 5.41) is 4.16. The Morgan fingerprint density at radius 2 is 1.88 bits per heavy atom. The molecule has 0 aliphatic heterocycles. The zero-order valence-corrected chi connectivity index (χ0v) is 15.8. The molecule has 0 saturated heterocycles. The topological polar surface area (TPSA) is 75.3 Å². The van der Waals surface area contributed by atoms with Crippen LogP contribution in [0.1, 0.15) is 50.2 Å². The standard InChI is InChI=1S/C19H28N2O3S/c1-15-7-9-17(10-8-15)12-14-25(23,24)20-13-11-19(22)21-18-6-4-3-5-16(18)2/h7-10,12,14,16,18,20H,3-6,11,13H2,1-2H3,(H,21,22)/b14-12+/t16-,18+/m0/s1. The summed E-state index contributed by atoms with van der Waals surface area (Å²) in [4.78, 5) is 12.0. The maximum Gasteiger partial charge on any atom is 0.233 e. The summed E-state index contributed by atoms with van der Waals surface area (Å²) in [6.45, 7) is 4.24. The molecule has 2 rings (SSSR count). The summed E-state index contributed by atoms with van der Waals surface area (Å²) in [6, 6.07) is 7.80. The van der Waals surface area contributed by atoms with E-state index in [1.165, 1.54) is 6.42 Å². The summed E-state index contributed by atoms with van der Waals surface area (Å²) in [5.41, 5.74) is 1.94. The Balaban J connectivity index is 1.75. The number of carbonyl (C=O) groups excluding carboxylic acids is 1. The number of rotatable bonds is 7. The number of hydrogen-bond donors (Lipinski definition) is 2. The van der Waals surface area contributed by atoms with Crippen molar-refractivity contribution in [2.24, 2.45) is 5.92 Å². The van der Waals surface area contributed by atoms with Gasteiger partial charge in [-0.05, 0) is 37.3 Å². The number of benzene rings is 1. The lowest BCUT2D eigenvalue weighted by Gasteiger charge is -2.29. The fourth-order valence-electron chi connectivity index (χ4n) is 3.01. The van der Waals surface area contributed by atoms with Crippen molar-refractivity contribution in [3.8, 4) is 0 Å². The molecule has 0 spiro atoms. The minimum absolute atomic E-state index is 0.0936. The van der Waals surface area contributed by atoms with Gasteiger partial charge in [0, 0.05) is 24.4 Å². The summed E-state index contributed by atoms with van der Waals surface area (Å²) in [6.07, 6.45) is 6.22. The van der Waals surface area contributed by atoms with Crippen molar-refractivity contribution in [1.82, 2.24) is 10.0 Å². The van der Waals surface area contributed by atoms with Crippen LogP contribution >= 0.6 is 0 Å². The van der Waals surface area contributed by atoms with E-state index in [9.17, 15) is 13.2 Å². The van der Waals surface area contributed by atoms with Crippen LogP contribution in [0.5, 0.6) is 0 Å². The third-order valence-corrected chi connectivity index (χ3v) is 5.73. The second-order valence-corrected chi connectivity index (χ2v) is 8.49.